The highest BCUT2D eigenvalue weighted by molar-refractivity contribution is 5.93. The van der Waals surface area contributed by atoms with E-state index in [1.54, 1.807) is 6.08 Å². The number of aromatic amines is 2. The topological polar surface area (TPSA) is 100 Å². The van der Waals surface area contributed by atoms with Gasteiger partial charge in [0.15, 0.2) is 5.65 Å². The van der Waals surface area contributed by atoms with E-state index < -0.39 is 0 Å². The van der Waals surface area contributed by atoms with Crippen molar-refractivity contribution in [1.29, 1.82) is 0 Å². The van der Waals surface area contributed by atoms with Gasteiger partial charge < -0.3 is 14.9 Å². The predicted molar refractivity (Wildman–Crippen MR) is 157 cm³/mol. The molecule has 8 nitrogen and oxygen atoms in total. The first-order chi connectivity index (χ1) is 19.0. The van der Waals surface area contributed by atoms with Crippen LogP contribution in [0.2, 0.25) is 0 Å². The van der Waals surface area contributed by atoms with Crippen LogP contribution < -0.4 is 5.32 Å². The summed E-state index contributed by atoms with van der Waals surface area (Å²) in [5, 5.41) is 12.1. The smallest absolute Gasteiger partial charge is 0.181 e. The number of nitrogens with one attached hydrogen (secondary N) is 3. The zero-order valence-electron chi connectivity index (χ0n) is 22.3. The van der Waals surface area contributed by atoms with Crippen LogP contribution in [0.4, 0.5) is 5.69 Å². The van der Waals surface area contributed by atoms with E-state index in [-0.39, 0.29) is 0 Å². The zero-order chi connectivity index (χ0) is 26.9. The number of pyridine rings is 2. The molecule has 1 aliphatic rings. The molecule has 39 heavy (non-hydrogen) atoms. The lowest BCUT2D eigenvalue weighted by Crippen LogP contribution is -2.07. The number of fused-ring (bicyclic) bond motifs is 1. The molecule has 0 radical (unpaired) electrons. The van der Waals surface area contributed by atoms with Crippen molar-refractivity contribution in [2.75, 3.05) is 5.32 Å². The third kappa shape index (κ3) is 4.81. The molecule has 5 aromatic heterocycles. The molecule has 0 bridgehead atoms. The number of aromatic nitrogens is 7. The minimum Gasteiger partial charge on any atom is -0.358 e. The Labute approximate surface area is 227 Å². The molecule has 0 unspecified atom stereocenters. The van der Waals surface area contributed by atoms with Crippen molar-refractivity contribution in [3.05, 3.63) is 97.3 Å². The number of hydrogen-bond acceptors (Lipinski definition) is 5. The van der Waals surface area contributed by atoms with Gasteiger partial charge in [-0.1, -0.05) is 32.1 Å². The summed E-state index contributed by atoms with van der Waals surface area (Å²) in [7, 11) is 0. The molecule has 1 saturated carbocycles. The lowest BCUT2D eigenvalue weighted by molar-refractivity contribution is 0.649. The summed E-state index contributed by atoms with van der Waals surface area (Å²) in [5.41, 5.74) is 10.5. The third-order valence-electron chi connectivity index (χ3n) is 7.46. The summed E-state index contributed by atoms with van der Waals surface area (Å²) in [5.74, 6) is 0.536. The summed E-state index contributed by atoms with van der Waals surface area (Å²) in [6, 6.07) is 6.34. The van der Waals surface area contributed by atoms with E-state index in [0.29, 0.717) is 11.6 Å². The van der Waals surface area contributed by atoms with Crippen LogP contribution in [0, 0.1) is 19.8 Å². The van der Waals surface area contributed by atoms with Crippen molar-refractivity contribution in [3.63, 3.8) is 0 Å². The molecule has 0 amide bonds. The van der Waals surface area contributed by atoms with Crippen molar-refractivity contribution in [2.45, 2.75) is 39.5 Å². The number of H-pyrrole nitrogens is 2. The Morgan fingerprint density at radius 1 is 1.08 bits per heavy atom. The standard InChI is InChI=1S/C31H32N8/c1-5-8-29(39-17-19(2)34-18-39)26-13-28(36-21(26)4)30-27-12-24(15-33-31(27)38-37-30)23-11-25(16-32-14-23)35-20(3)22-9-6-7-10-22/h5,8,11-18,22,35-36H,1,3,6-7,9-10H2,2,4H3,(H,33,37,38)/b29-8+. The Kier molecular flexibility index (Phi) is 6.44. The first kappa shape index (κ1) is 24.6. The highest BCUT2D eigenvalue weighted by Crippen LogP contribution is 2.34. The summed E-state index contributed by atoms with van der Waals surface area (Å²) in [6.45, 7) is 12.2. The molecule has 6 rings (SSSR count). The lowest BCUT2D eigenvalue weighted by atomic mass is 10.0. The molecule has 1 fully saturated rings. The average molecular weight is 517 g/mol. The van der Waals surface area contributed by atoms with E-state index in [2.05, 4.69) is 73.7 Å². The fourth-order valence-electron chi connectivity index (χ4n) is 5.43. The lowest BCUT2D eigenvalue weighted by Gasteiger charge is -2.15. The maximum Gasteiger partial charge on any atom is 0.181 e. The van der Waals surface area contributed by atoms with Crippen molar-refractivity contribution in [1.82, 2.24) is 34.7 Å². The van der Waals surface area contributed by atoms with Gasteiger partial charge in [0.1, 0.15) is 0 Å². The quantitative estimate of drug-likeness (QED) is 0.192. The number of hydrogen-bond donors (Lipinski definition) is 3. The summed E-state index contributed by atoms with van der Waals surface area (Å²) in [6.07, 6.45) is 18.1. The Morgan fingerprint density at radius 3 is 2.67 bits per heavy atom. The molecule has 1 aliphatic carbocycles. The van der Waals surface area contributed by atoms with Gasteiger partial charge in [-0.25, -0.2) is 9.97 Å². The first-order valence-electron chi connectivity index (χ1n) is 13.3. The van der Waals surface area contributed by atoms with E-state index in [1.165, 1.54) is 25.7 Å². The maximum atomic E-state index is 4.64. The molecule has 5 heterocycles. The number of rotatable bonds is 8. The second-order valence-corrected chi connectivity index (χ2v) is 10.2. The number of nitrogens with zero attached hydrogens (tertiary/aromatic N) is 5. The minimum absolute atomic E-state index is 0.536. The fraction of sp³-hybridized carbons (Fsp3) is 0.226. The average Bonchev–Trinajstić information content (AvgIpc) is 3.74. The van der Waals surface area contributed by atoms with Crippen LogP contribution in [-0.4, -0.2) is 34.7 Å². The molecule has 0 aromatic carbocycles. The molecule has 3 N–H and O–H groups in total. The van der Waals surface area contributed by atoms with E-state index in [4.69, 9.17) is 0 Å². The Bertz CT molecular complexity index is 1710. The molecular formula is C31H32N8. The normalized spacial score (nSPS) is 14.3. The highest BCUT2D eigenvalue weighted by Gasteiger charge is 2.19. The van der Waals surface area contributed by atoms with Crippen molar-refractivity contribution in [3.8, 4) is 22.5 Å². The van der Waals surface area contributed by atoms with Gasteiger partial charge in [0.25, 0.3) is 0 Å². The van der Waals surface area contributed by atoms with Gasteiger partial charge in [0.05, 0.1) is 41.0 Å². The molecule has 0 aliphatic heterocycles. The molecular weight excluding hydrogens is 484 g/mol. The van der Waals surface area contributed by atoms with Crippen LogP contribution in [0.3, 0.4) is 0 Å². The number of aryl methyl sites for hydroxylation is 2. The van der Waals surface area contributed by atoms with Crippen LogP contribution in [-0.2, 0) is 0 Å². The number of allylic oxidation sites excluding steroid dienone is 3. The van der Waals surface area contributed by atoms with Crippen molar-refractivity contribution < 1.29 is 0 Å². The van der Waals surface area contributed by atoms with Crippen LogP contribution in [0.5, 0.6) is 0 Å². The van der Waals surface area contributed by atoms with Gasteiger partial charge in [-0.15, -0.1) is 0 Å². The van der Waals surface area contributed by atoms with Crippen molar-refractivity contribution >= 4 is 22.4 Å². The van der Waals surface area contributed by atoms with Crippen LogP contribution in [0.1, 0.15) is 42.6 Å². The monoisotopic (exact) mass is 516 g/mol. The summed E-state index contributed by atoms with van der Waals surface area (Å²) in [4.78, 5) is 17.1. The Hall–Kier alpha value is -4.72. The molecule has 0 spiro atoms. The first-order valence-corrected chi connectivity index (χ1v) is 13.3. The minimum atomic E-state index is 0.536. The maximum absolute atomic E-state index is 4.64. The summed E-state index contributed by atoms with van der Waals surface area (Å²) < 4.78 is 2.01. The Balaban J connectivity index is 1.33. The van der Waals surface area contributed by atoms with Gasteiger partial charge >= 0.3 is 0 Å². The highest BCUT2D eigenvalue weighted by atomic mass is 15.2. The van der Waals surface area contributed by atoms with E-state index >= 15 is 0 Å². The van der Waals surface area contributed by atoms with Crippen molar-refractivity contribution in [2.24, 2.45) is 5.92 Å². The molecule has 8 heteroatoms. The number of imidazole rings is 1. The molecule has 0 atom stereocenters. The zero-order valence-corrected chi connectivity index (χ0v) is 22.3. The fourth-order valence-corrected chi connectivity index (χ4v) is 5.43. The third-order valence-corrected chi connectivity index (χ3v) is 7.46. The Morgan fingerprint density at radius 2 is 1.90 bits per heavy atom. The molecule has 5 aromatic rings. The van der Waals surface area contributed by atoms with Crippen LogP contribution in [0.25, 0.3) is 39.2 Å². The van der Waals surface area contributed by atoms with Gasteiger partial charge in [-0.2, -0.15) is 5.10 Å². The SMILES string of the molecule is C=C/C=C(\c1cc(-c2[nH]nc3ncc(-c4cncc(NC(=C)C5CCCC5)c4)cc23)[nH]c1C)n1cnc(C)c1. The second kappa shape index (κ2) is 10.2. The van der Waals surface area contributed by atoms with E-state index in [9.17, 15) is 0 Å². The van der Waals surface area contributed by atoms with Gasteiger partial charge in [-0.3, -0.25) is 10.1 Å². The van der Waals surface area contributed by atoms with Crippen LogP contribution >= 0.6 is 0 Å². The van der Waals surface area contributed by atoms with Gasteiger partial charge in [0.2, 0.25) is 0 Å². The van der Waals surface area contributed by atoms with Gasteiger partial charge in [0, 0.05) is 52.1 Å². The largest absolute Gasteiger partial charge is 0.358 e. The van der Waals surface area contributed by atoms with Crippen LogP contribution in [0.15, 0.2) is 80.3 Å². The molecule has 196 valence electrons. The predicted octanol–water partition coefficient (Wildman–Crippen LogP) is 7.02. The van der Waals surface area contributed by atoms with E-state index in [0.717, 1.165) is 61.9 Å². The van der Waals surface area contributed by atoms with Gasteiger partial charge in [-0.05, 0) is 56.9 Å². The number of anilines is 1. The summed E-state index contributed by atoms with van der Waals surface area (Å²) >= 11 is 0. The molecule has 0 saturated heterocycles. The second-order valence-electron chi connectivity index (χ2n) is 10.2. The van der Waals surface area contributed by atoms with E-state index in [1.807, 2.05) is 48.7 Å².